The number of carboxylic acid groups (broad SMARTS) is 1. The fraction of sp³-hybridized carbons (Fsp3) is 0.867. The van der Waals surface area contributed by atoms with Crippen LogP contribution in [0.3, 0.4) is 0 Å². The third kappa shape index (κ3) is 2.74. The number of aliphatic carboxylic acids is 1. The zero-order chi connectivity index (χ0) is 26.9. The van der Waals surface area contributed by atoms with E-state index in [9.17, 15) is 30.0 Å². The monoisotopic (exact) mass is 502 g/mol. The summed E-state index contributed by atoms with van der Waals surface area (Å²) in [6.07, 6.45) is 4.51. The lowest BCUT2D eigenvalue weighted by Crippen LogP contribution is -2.71. The molecule has 4 saturated carbocycles. The molecule has 202 valence electrons. The molecule has 0 aromatic rings. The van der Waals surface area contributed by atoms with Gasteiger partial charge in [0.2, 0.25) is 0 Å². The number of ketones is 1. The molecule has 0 spiro atoms. The Morgan fingerprint density at radius 2 is 1.58 bits per heavy atom. The Labute approximate surface area is 215 Å². The molecule has 0 unspecified atom stereocenters. The van der Waals surface area contributed by atoms with Crippen molar-refractivity contribution < 1.29 is 30.0 Å². The average molecular weight is 503 g/mol. The predicted octanol–water partition coefficient (Wildman–Crippen LogP) is 4.35. The molecule has 5 rings (SSSR count). The molecule has 0 aromatic carbocycles. The maximum absolute atomic E-state index is 13.0. The fourth-order valence-corrected chi connectivity index (χ4v) is 10.7. The number of rotatable bonds is 1. The largest absolute Gasteiger partial charge is 0.481 e. The lowest BCUT2D eigenvalue weighted by molar-refractivity contribution is -0.241. The number of carbonyl (C=O) groups is 2. The van der Waals surface area contributed by atoms with Crippen LogP contribution in [-0.4, -0.2) is 50.0 Å². The lowest BCUT2D eigenvalue weighted by Gasteiger charge is -2.72. The van der Waals surface area contributed by atoms with Gasteiger partial charge < -0.3 is 20.4 Å². The molecule has 0 saturated heterocycles. The first-order valence-electron chi connectivity index (χ1n) is 14.0. The van der Waals surface area contributed by atoms with Crippen molar-refractivity contribution in [2.45, 2.75) is 111 Å². The Hall–Kier alpha value is -1.24. The van der Waals surface area contributed by atoms with Crippen molar-refractivity contribution in [3.8, 4) is 0 Å². The standard InChI is InChI=1S/C30H46O6/c1-16-10-13-30(24(34)35)15-14-26(4)17(21(30)29(16,7)36)8-9-19-27(26,5)12-11-18-25(2,3)22(32)20(31)23(33)28(18,19)6/h8,16,18-21,23,31,33,36H,9-15H2,1-7H3,(H,34,35)/t16-,18-,19-,20+,21-,23+,26-,27-,28+,29-,30+/m1/s1. The Morgan fingerprint density at radius 3 is 2.19 bits per heavy atom. The summed E-state index contributed by atoms with van der Waals surface area (Å²) in [5.41, 5.74) is -2.98. The number of aliphatic hydroxyl groups excluding tert-OH is 2. The van der Waals surface area contributed by atoms with Crippen LogP contribution >= 0.6 is 0 Å². The molecule has 4 N–H and O–H groups in total. The van der Waals surface area contributed by atoms with Crippen molar-refractivity contribution in [3.05, 3.63) is 11.6 Å². The molecule has 6 nitrogen and oxygen atoms in total. The normalized spacial score (nSPS) is 55.9. The van der Waals surface area contributed by atoms with Crippen molar-refractivity contribution in [2.75, 3.05) is 0 Å². The minimum atomic E-state index is -1.40. The molecule has 11 atom stereocenters. The summed E-state index contributed by atoms with van der Waals surface area (Å²) in [5, 5.41) is 44.8. The summed E-state index contributed by atoms with van der Waals surface area (Å²) in [6.45, 7) is 14.4. The van der Waals surface area contributed by atoms with Gasteiger partial charge in [-0.2, -0.15) is 0 Å². The maximum atomic E-state index is 13.0. The molecular weight excluding hydrogens is 456 g/mol. The van der Waals surface area contributed by atoms with Crippen molar-refractivity contribution in [2.24, 2.45) is 50.7 Å². The third-order valence-corrected chi connectivity index (χ3v) is 13.4. The highest BCUT2D eigenvalue weighted by molar-refractivity contribution is 5.90. The zero-order valence-corrected chi connectivity index (χ0v) is 23.1. The lowest BCUT2D eigenvalue weighted by atomic mass is 9.32. The summed E-state index contributed by atoms with van der Waals surface area (Å²) in [7, 11) is 0. The topological polar surface area (TPSA) is 115 Å². The summed E-state index contributed by atoms with van der Waals surface area (Å²) in [4.78, 5) is 25.9. The fourth-order valence-electron chi connectivity index (χ4n) is 10.7. The number of carbonyl (C=O) groups excluding carboxylic acids is 1. The van der Waals surface area contributed by atoms with Gasteiger partial charge in [0.1, 0.15) is 6.10 Å². The first kappa shape index (κ1) is 26.4. The Balaban J connectivity index is 1.68. The minimum Gasteiger partial charge on any atom is -0.481 e. The summed E-state index contributed by atoms with van der Waals surface area (Å²) < 4.78 is 0. The number of aliphatic hydroxyl groups is 3. The Kier molecular flexibility index (Phi) is 5.45. The summed E-state index contributed by atoms with van der Waals surface area (Å²) in [6, 6.07) is 0. The third-order valence-electron chi connectivity index (χ3n) is 13.4. The van der Waals surface area contributed by atoms with Crippen LogP contribution in [0, 0.1) is 50.7 Å². The van der Waals surface area contributed by atoms with Gasteiger partial charge >= 0.3 is 5.97 Å². The van der Waals surface area contributed by atoms with Gasteiger partial charge in [-0.3, -0.25) is 9.59 Å². The van der Waals surface area contributed by atoms with Gasteiger partial charge in [0.15, 0.2) is 5.78 Å². The molecule has 4 fully saturated rings. The molecule has 0 aliphatic heterocycles. The van der Waals surface area contributed by atoms with Crippen LogP contribution < -0.4 is 0 Å². The van der Waals surface area contributed by atoms with Crippen molar-refractivity contribution in [1.29, 1.82) is 0 Å². The first-order valence-corrected chi connectivity index (χ1v) is 14.0. The second-order valence-corrected chi connectivity index (χ2v) is 14.7. The van der Waals surface area contributed by atoms with E-state index in [0.29, 0.717) is 25.7 Å². The summed E-state index contributed by atoms with van der Waals surface area (Å²) in [5.74, 6) is -1.54. The van der Waals surface area contributed by atoms with E-state index in [0.717, 1.165) is 24.8 Å². The van der Waals surface area contributed by atoms with Gasteiger partial charge in [-0.05, 0) is 80.5 Å². The predicted molar refractivity (Wildman–Crippen MR) is 136 cm³/mol. The van der Waals surface area contributed by atoms with Crippen LogP contribution in [0.4, 0.5) is 0 Å². The SMILES string of the molecule is C[C@@H]1CC[C@]2(C(=O)O)CC[C@]3(C)C(=CC[C@H]4[C@]5(C)[C@H](CC[C@]43C)C(C)(C)C(=O)[C@H](O)[C@@H]5O)[C@@H]2[C@]1(C)O. The molecule has 0 heterocycles. The number of fused-ring (bicyclic) bond motifs is 7. The van der Waals surface area contributed by atoms with Crippen LogP contribution in [0.25, 0.3) is 0 Å². The quantitative estimate of drug-likeness (QED) is 0.396. The zero-order valence-electron chi connectivity index (χ0n) is 23.1. The van der Waals surface area contributed by atoms with Gasteiger partial charge in [-0.1, -0.05) is 53.2 Å². The van der Waals surface area contributed by atoms with Crippen molar-refractivity contribution >= 4 is 11.8 Å². The van der Waals surface area contributed by atoms with Crippen LogP contribution in [-0.2, 0) is 9.59 Å². The van der Waals surface area contributed by atoms with E-state index < -0.39 is 45.9 Å². The number of allylic oxidation sites excluding steroid dienone is 1. The Bertz CT molecular complexity index is 1030. The van der Waals surface area contributed by atoms with E-state index >= 15 is 0 Å². The van der Waals surface area contributed by atoms with Gasteiger partial charge in [-0.25, -0.2) is 0 Å². The van der Waals surface area contributed by atoms with E-state index in [-0.39, 0.29) is 34.4 Å². The molecule has 0 bridgehead atoms. The van der Waals surface area contributed by atoms with Crippen LogP contribution in [0.5, 0.6) is 0 Å². The molecule has 0 amide bonds. The molecular formula is C30H46O6. The van der Waals surface area contributed by atoms with E-state index in [4.69, 9.17) is 0 Å². The van der Waals surface area contributed by atoms with Crippen molar-refractivity contribution in [1.82, 2.24) is 0 Å². The second-order valence-electron chi connectivity index (χ2n) is 14.7. The smallest absolute Gasteiger partial charge is 0.310 e. The molecule has 0 radical (unpaired) electrons. The summed E-state index contributed by atoms with van der Waals surface area (Å²) >= 11 is 0. The molecule has 6 heteroatoms. The highest BCUT2D eigenvalue weighted by atomic mass is 16.4. The van der Waals surface area contributed by atoms with Crippen LogP contribution in [0.2, 0.25) is 0 Å². The van der Waals surface area contributed by atoms with E-state index in [2.05, 4.69) is 26.8 Å². The number of carboxylic acids is 1. The van der Waals surface area contributed by atoms with Crippen LogP contribution in [0.1, 0.15) is 93.4 Å². The van der Waals surface area contributed by atoms with E-state index in [1.54, 1.807) is 0 Å². The minimum absolute atomic E-state index is 0.000802. The maximum Gasteiger partial charge on any atom is 0.310 e. The van der Waals surface area contributed by atoms with Crippen LogP contribution in [0.15, 0.2) is 11.6 Å². The number of hydrogen-bond acceptors (Lipinski definition) is 5. The average Bonchev–Trinajstić information content (AvgIpc) is 2.79. The van der Waals surface area contributed by atoms with E-state index in [1.807, 2.05) is 27.7 Å². The van der Waals surface area contributed by atoms with Gasteiger partial charge in [0, 0.05) is 16.7 Å². The molecule has 5 aliphatic rings. The molecule has 36 heavy (non-hydrogen) atoms. The van der Waals surface area contributed by atoms with Gasteiger partial charge in [0.05, 0.1) is 17.1 Å². The molecule has 0 aromatic heterocycles. The molecule has 5 aliphatic carbocycles. The van der Waals surface area contributed by atoms with Gasteiger partial charge in [-0.15, -0.1) is 0 Å². The van der Waals surface area contributed by atoms with Gasteiger partial charge in [0.25, 0.3) is 0 Å². The highest BCUT2D eigenvalue weighted by Crippen LogP contribution is 2.75. The highest BCUT2D eigenvalue weighted by Gasteiger charge is 2.73. The first-order chi connectivity index (χ1) is 16.4. The number of Topliss-reactive ketones (excluding diaryl/α,β-unsaturated/α-hetero) is 1. The number of hydrogen-bond donors (Lipinski definition) is 4. The van der Waals surface area contributed by atoms with Crippen molar-refractivity contribution in [3.63, 3.8) is 0 Å². The second kappa shape index (κ2) is 7.45. The Morgan fingerprint density at radius 1 is 0.944 bits per heavy atom. The van der Waals surface area contributed by atoms with E-state index in [1.165, 1.54) is 0 Å².